The second kappa shape index (κ2) is 10.8. The molecule has 5 heteroatoms. The zero-order valence-corrected chi connectivity index (χ0v) is 12.6. The Kier molecular flexibility index (Phi) is 11.5. The molecule has 0 radical (unpaired) electrons. The molecule has 1 amide bonds. The van der Waals surface area contributed by atoms with Crippen molar-refractivity contribution in [2.45, 2.75) is 39.3 Å². The lowest BCUT2D eigenvalue weighted by atomic mass is 10.1. The van der Waals surface area contributed by atoms with Gasteiger partial charge in [0.25, 0.3) is 0 Å². The average molecular weight is 289 g/mol. The van der Waals surface area contributed by atoms with Gasteiger partial charge in [-0.15, -0.1) is 12.4 Å². The molecule has 19 heavy (non-hydrogen) atoms. The van der Waals surface area contributed by atoms with Crippen LogP contribution in [0.5, 0.6) is 0 Å². The minimum Gasteiger partial charge on any atom is -0.412 e. The number of hydrogen-bond donors (Lipinski definition) is 2. The predicted molar refractivity (Wildman–Crippen MR) is 81.6 cm³/mol. The van der Waals surface area contributed by atoms with Crippen molar-refractivity contribution in [3.05, 3.63) is 35.9 Å². The van der Waals surface area contributed by atoms with Crippen molar-refractivity contribution in [1.82, 2.24) is 10.6 Å². The fourth-order valence-corrected chi connectivity index (χ4v) is 1.62. The van der Waals surface area contributed by atoms with Gasteiger partial charge in [-0.3, -0.25) is 4.79 Å². The van der Waals surface area contributed by atoms with Gasteiger partial charge in [-0.2, -0.15) is 0 Å². The van der Waals surface area contributed by atoms with Gasteiger partial charge in [-0.1, -0.05) is 37.3 Å². The SMILES string of the molecule is CCCNC(C)C(=O)NC(C)c1ccccc1.Cl.O. The molecule has 0 fully saturated rings. The third-order valence-electron chi connectivity index (χ3n) is 2.75. The van der Waals surface area contributed by atoms with Crippen molar-refractivity contribution in [2.75, 3.05) is 6.54 Å². The minimum absolute atomic E-state index is 0. The maximum atomic E-state index is 11.9. The van der Waals surface area contributed by atoms with Crippen LogP contribution in [-0.2, 0) is 4.79 Å². The van der Waals surface area contributed by atoms with E-state index < -0.39 is 0 Å². The van der Waals surface area contributed by atoms with E-state index in [1.165, 1.54) is 0 Å². The summed E-state index contributed by atoms with van der Waals surface area (Å²) in [5, 5.41) is 6.18. The molecule has 0 aliphatic rings. The highest BCUT2D eigenvalue weighted by Gasteiger charge is 2.14. The molecule has 0 spiro atoms. The van der Waals surface area contributed by atoms with E-state index >= 15 is 0 Å². The van der Waals surface area contributed by atoms with Crippen molar-refractivity contribution in [1.29, 1.82) is 0 Å². The summed E-state index contributed by atoms with van der Waals surface area (Å²) >= 11 is 0. The van der Waals surface area contributed by atoms with E-state index in [0.717, 1.165) is 18.5 Å². The van der Waals surface area contributed by atoms with Crippen LogP contribution in [0.3, 0.4) is 0 Å². The molecule has 0 aliphatic heterocycles. The molecule has 2 unspecified atom stereocenters. The van der Waals surface area contributed by atoms with Crippen LogP contribution >= 0.6 is 12.4 Å². The lowest BCUT2D eigenvalue weighted by Crippen LogP contribution is -2.43. The van der Waals surface area contributed by atoms with Crippen LogP contribution in [0.25, 0.3) is 0 Å². The number of halogens is 1. The van der Waals surface area contributed by atoms with Gasteiger partial charge in [-0.05, 0) is 32.4 Å². The number of amides is 1. The van der Waals surface area contributed by atoms with Crippen LogP contribution in [0.2, 0.25) is 0 Å². The standard InChI is InChI=1S/C14H22N2O.ClH.H2O/c1-4-10-15-12(3)14(17)16-11(2)13-8-6-5-7-9-13;;/h5-9,11-12,15H,4,10H2,1-3H3,(H,16,17);1H;1H2. The summed E-state index contributed by atoms with van der Waals surface area (Å²) in [6.45, 7) is 6.85. The van der Waals surface area contributed by atoms with Gasteiger partial charge < -0.3 is 16.1 Å². The second-order valence-corrected chi connectivity index (χ2v) is 4.32. The zero-order valence-electron chi connectivity index (χ0n) is 11.8. The van der Waals surface area contributed by atoms with E-state index in [2.05, 4.69) is 17.6 Å². The first-order valence-electron chi connectivity index (χ1n) is 6.23. The number of carbonyl (C=O) groups excluding carboxylic acids is 1. The molecule has 4 nitrogen and oxygen atoms in total. The summed E-state index contributed by atoms with van der Waals surface area (Å²) in [5.41, 5.74) is 1.13. The Morgan fingerprint density at radius 3 is 2.32 bits per heavy atom. The summed E-state index contributed by atoms with van der Waals surface area (Å²) in [5.74, 6) is 0.0507. The van der Waals surface area contributed by atoms with E-state index in [-0.39, 0.29) is 35.9 Å². The van der Waals surface area contributed by atoms with Crippen LogP contribution < -0.4 is 10.6 Å². The summed E-state index contributed by atoms with van der Waals surface area (Å²) in [4.78, 5) is 11.9. The molecular weight excluding hydrogens is 264 g/mol. The molecule has 1 rings (SSSR count). The number of benzene rings is 1. The largest absolute Gasteiger partial charge is 0.412 e. The third-order valence-corrected chi connectivity index (χ3v) is 2.75. The molecule has 0 aromatic heterocycles. The maximum Gasteiger partial charge on any atom is 0.237 e. The topological polar surface area (TPSA) is 72.6 Å². The van der Waals surface area contributed by atoms with Crippen molar-refractivity contribution >= 4 is 18.3 Å². The third kappa shape index (κ3) is 7.15. The molecule has 110 valence electrons. The van der Waals surface area contributed by atoms with Crippen molar-refractivity contribution in [3.8, 4) is 0 Å². The van der Waals surface area contributed by atoms with Crippen LogP contribution in [0.1, 0.15) is 38.8 Å². The Morgan fingerprint density at radius 2 is 1.79 bits per heavy atom. The number of rotatable bonds is 6. The van der Waals surface area contributed by atoms with E-state index in [1.807, 2.05) is 44.2 Å². The highest BCUT2D eigenvalue weighted by molar-refractivity contribution is 5.85. The first-order chi connectivity index (χ1) is 8.15. The molecule has 0 heterocycles. The summed E-state index contributed by atoms with van der Waals surface area (Å²) < 4.78 is 0. The fourth-order valence-electron chi connectivity index (χ4n) is 1.62. The van der Waals surface area contributed by atoms with Gasteiger partial charge in [0.15, 0.2) is 0 Å². The highest BCUT2D eigenvalue weighted by atomic mass is 35.5. The van der Waals surface area contributed by atoms with Crippen molar-refractivity contribution in [3.63, 3.8) is 0 Å². The van der Waals surface area contributed by atoms with Crippen LogP contribution in [-0.4, -0.2) is 24.0 Å². The fraction of sp³-hybridized carbons (Fsp3) is 0.500. The van der Waals surface area contributed by atoms with Gasteiger partial charge in [-0.25, -0.2) is 0 Å². The summed E-state index contributed by atoms with van der Waals surface area (Å²) in [7, 11) is 0. The molecule has 1 aromatic carbocycles. The maximum absolute atomic E-state index is 11.9. The zero-order chi connectivity index (χ0) is 12.7. The Labute approximate surface area is 121 Å². The molecule has 0 saturated carbocycles. The summed E-state index contributed by atoms with van der Waals surface area (Å²) in [6.07, 6.45) is 1.03. The molecule has 1 aromatic rings. The summed E-state index contributed by atoms with van der Waals surface area (Å²) in [6, 6.07) is 9.90. The van der Waals surface area contributed by atoms with Gasteiger partial charge in [0, 0.05) is 0 Å². The normalized spacial score (nSPS) is 12.6. The molecule has 0 aliphatic carbocycles. The first kappa shape index (κ1) is 20.2. The molecule has 4 N–H and O–H groups in total. The average Bonchev–Trinajstić information content (AvgIpc) is 2.36. The Balaban J connectivity index is 0. The van der Waals surface area contributed by atoms with Crippen molar-refractivity contribution < 1.29 is 10.3 Å². The minimum atomic E-state index is -0.138. The van der Waals surface area contributed by atoms with Crippen molar-refractivity contribution in [2.24, 2.45) is 0 Å². The second-order valence-electron chi connectivity index (χ2n) is 4.32. The van der Waals surface area contributed by atoms with Gasteiger partial charge >= 0.3 is 0 Å². The first-order valence-corrected chi connectivity index (χ1v) is 6.23. The predicted octanol–water partition coefficient (Wildman–Crippen LogP) is 1.85. The number of carbonyl (C=O) groups is 1. The number of nitrogens with one attached hydrogen (secondary N) is 2. The Hall–Kier alpha value is -1.10. The van der Waals surface area contributed by atoms with Crippen LogP contribution in [0.4, 0.5) is 0 Å². The van der Waals surface area contributed by atoms with Gasteiger partial charge in [0.2, 0.25) is 5.91 Å². The van der Waals surface area contributed by atoms with E-state index in [4.69, 9.17) is 0 Å². The quantitative estimate of drug-likeness (QED) is 0.838. The van der Waals surface area contributed by atoms with Gasteiger partial charge in [0.1, 0.15) is 0 Å². The van der Waals surface area contributed by atoms with E-state index in [9.17, 15) is 4.79 Å². The van der Waals surface area contributed by atoms with Crippen LogP contribution in [0, 0.1) is 0 Å². The lowest BCUT2D eigenvalue weighted by molar-refractivity contribution is -0.123. The Morgan fingerprint density at radius 1 is 1.21 bits per heavy atom. The Bertz CT molecular complexity index is 347. The van der Waals surface area contributed by atoms with E-state index in [0.29, 0.717) is 0 Å². The van der Waals surface area contributed by atoms with Gasteiger partial charge in [0.05, 0.1) is 12.1 Å². The highest BCUT2D eigenvalue weighted by Crippen LogP contribution is 2.10. The number of hydrogen-bond acceptors (Lipinski definition) is 2. The molecular formula is C14H25ClN2O2. The smallest absolute Gasteiger partial charge is 0.237 e. The molecule has 0 bridgehead atoms. The molecule has 0 saturated heterocycles. The monoisotopic (exact) mass is 288 g/mol. The van der Waals surface area contributed by atoms with Crippen LogP contribution in [0.15, 0.2) is 30.3 Å². The lowest BCUT2D eigenvalue weighted by Gasteiger charge is -2.18. The van der Waals surface area contributed by atoms with E-state index in [1.54, 1.807) is 0 Å². The molecule has 2 atom stereocenters.